The first-order valence-electron chi connectivity index (χ1n) is 6.37. The van der Waals surface area contributed by atoms with Crippen molar-refractivity contribution in [3.8, 4) is 0 Å². The van der Waals surface area contributed by atoms with Crippen LogP contribution in [0.15, 0.2) is 18.2 Å². The maximum Gasteiger partial charge on any atom is 0.491 e. The number of aliphatic hydroxyl groups excluding tert-OH is 1. The van der Waals surface area contributed by atoms with Gasteiger partial charge >= 0.3 is 7.12 Å². The second-order valence-corrected chi connectivity index (χ2v) is 5.88. The SMILES string of the molecule is Cc1ccc(B(O)OC(C)(C)C(C)(C)O)cc1CO. The summed E-state index contributed by atoms with van der Waals surface area (Å²) in [6.45, 7) is 8.52. The highest BCUT2D eigenvalue weighted by Crippen LogP contribution is 2.25. The van der Waals surface area contributed by atoms with Crippen molar-refractivity contribution in [2.24, 2.45) is 0 Å². The smallest absolute Gasteiger partial charge is 0.423 e. The first kappa shape index (κ1) is 16.2. The number of aryl methyl sites for hydroxylation is 1. The van der Waals surface area contributed by atoms with E-state index >= 15 is 0 Å². The fourth-order valence-electron chi connectivity index (χ4n) is 1.51. The summed E-state index contributed by atoms with van der Waals surface area (Å²) in [4.78, 5) is 0. The van der Waals surface area contributed by atoms with Crippen molar-refractivity contribution < 1.29 is 19.9 Å². The van der Waals surface area contributed by atoms with Gasteiger partial charge in [0.1, 0.15) is 0 Å². The molecule has 0 aliphatic rings. The summed E-state index contributed by atoms with van der Waals surface area (Å²) in [5, 5.41) is 29.3. The Bertz CT molecular complexity index is 438. The van der Waals surface area contributed by atoms with Crippen molar-refractivity contribution in [2.75, 3.05) is 0 Å². The molecule has 0 saturated carbocycles. The second-order valence-electron chi connectivity index (χ2n) is 5.88. The molecule has 0 bridgehead atoms. The maximum absolute atomic E-state index is 10.1. The van der Waals surface area contributed by atoms with Crippen LogP contribution in [0.1, 0.15) is 38.8 Å². The van der Waals surface area contributed by atoms with Gasteiger partial charge in [0, 0.05) is 0 Å². The molecule has 1 aromatic carbocycles. The summed E-state index contributed by atoms with van der Waals surface area (Å²) < 4.78 is 5.55. The average molecular weight is 266 g/mol. The van der Waals surface area contributed by atoms with Crippen LogP contribution in [0.2, 0.25) is 0 Å². The Hall–Kier alpha value is -0.875. The zero-order chi connectivity index (χ0) is 14.8. The molecule has 0 saturated heterocycles. The topological polar surface area (TPSA) is 69.9 Å². The van der Waals surface area contributed by atoms with E-state index in [-0.39, 0.29) is 6.61 Å². The Kier molecular flexibility index (Phi) is 4.79. The highest BCUT2D eigenvalue weighted by Gasteiger charge is 2.39. The lowest BCUT2D eigenvalue weighted by Gasteiger charge is -2.38. The van der Waals surface area contributed by atoms with Gasteiger partial charge < -0.3 is 19.9 Å². The summed E-state index contributed by atoms with van der Waals surface area (Å²) in [5.41, 5.74) is 0.281. The van der Waals surface area contributed by atoms with Crippen LogP contribution < -0.4 is 5.46 Å². The number of hydrogen-bond donors (Lipinski definition) is 3. The van der Waals surface area contributed by atoms with Crippen LogP contribution >= 0.6 is 0 Å². The molecule has 0 aliphatic heterocycles. The van der Waals surface area contributed by atoms with E-state index in [0.29, 0.717) is 5.46 Å². The fourth-order valence-corrected chi connectivity index (χ4v) is 1.51. The molecule has 4 nitrogen and oxygen atoms in total. The van der Waals surface area contributed by atoms with E-state index in [1.165, 1.54) is 0 Å². The minimum absolute atomic E-state index is 0.0821. The van der Waals surface area contributed by atoms with Gasteiger partial charge in [-0.25, -0.2) is 0 Å². The van der Waals surface area contributed by atoms with Gasteiger partial charge in [0.05, 0.1) is 17.8 Å². The zero-order valence-electron chi connectivity index (χ0n) is 12.3. The van der Waals surface area contributed by atoms with Crippen molar-refractivity contribution >= 4 is 12.6 Å². The van der Waals surface area contributed by atoms with E-state index < -0.39 is 18.3 Å². The van der Waals surface area contributed by atoms with E-state index in [9.17, 15) is 15.2 Å². The molecule has 0 spiro atoms. The predicted octanol–water partition coefficient (Wildman–Crippen LogP) is 0.741. The van der Waals surface area contributed by atoms with Gasteiger partial charge in [0.15, 0.2) is 0 Å². The second kappa shape index (κ2) is 5.63. The van der Waals surface area contributed by atoms with Gasteiger partial charge in [-0.15, -0.1) is 0 Å². The fraction of sp³-hybridized carbons (Fsp3) is 0.571. The van der Waals surface area contributed by atoms with E-state index in [1.54, 1.807) is 39.8 Å². The highest BCUT2D eigenvalue weighted by atomic mass is 16.5. The Labute approximate surface area is 115 Å². The third kappa shape index (κ3) is 3.80. The molecule has 0 amide bonds. The van der Waals surface area contributed by atoms with E-state index in [2.05, 4.69) is 0 Å². The standard InChI is InChI=1S/C14H23BO4/c1-10-6-7-12(8-11(10)9-16)15(18)19-14(4,5)13(2,3)17/h6-8,16-18H,9H2,1-5H3. The molecule has 0 radical (unpaired) electrons. The van der Waals surface area contributed by atoms with Gasteiger partial charge in [-0.05, 0) is 51.2 Å². The summed E-state index contributed by atoms with van der Waals surface area (Å²) in [6, 6.07) is 5.28. The van der Waals surface area contributed by atoms with Crippen LogP contribution in [-0.4, -0.2) is 33.6 Å². The molecule has 106 valence electrons. The normalized spacial score (nSPS) is 12.6. The summed E-state index contributed by atoms with van der Waals surface area (Å²) in [7, 11) is -1.15. The molecule has 1 rings (SSSR count). The van der Waals surface area contributed by atoms with Crippen LogP contribution in [0.3, 0.4) is 0 Å². The quantitative estimate of drug-likeness (QED) is 0.687. The first-order chi connectivity index (χ1) is 8.58. The Morgan fingerprint density at radius 2 is 1.79 bits per heavy atom. The molecule has 1 aromatic rings. The molecule has 0 unspecified atom stereocenters. The van der Waals surface area contributed by atoms with Crippen LogP contribution in [-0.2, 0) is 11.3 Å². The monoisotopic (exact) mass is 266 g/mol. The van der Waals surface area contributed by atoms with Crippen molar-refractivity contribution in [1.29, 1.82) is 0 Å². The Morgan fingerprint density at radius 3 is 2.26 bits per heavy atom. The highest BCUT2D eigenvalue weighted by molar-refractivity contribution is 6.60. The molecule has 0 heterocycles. The number of rotatable bonds is 5. The predicted molar refractivity (Wildman–Crippen MR) is 76.2 cm³/mol. The van der Waals surface area contributed by atoms with Crippen molar-refractivity contribution in [1.82, 2.24) is 0 Å². The lowest BCUT2D eigenvalue weighted by molar-refractivity contribution is -0.0982. The van der Waals surface area contributed by atoms with E-state index in [1.807, 2.05) is 13.0 Å². The van der Waals surface area contributed by atoms with Gasteiger partial charge in [-0.2, -0.15) is 0 Å². The van der Waals surface area contributed by atoms with Crippen molar-refractivity contribution in [2.45, 2.75) is 52.4 Å². The van der Waals surface area contributed by atoms with Gasteiger partial charge in [0.2, 0.25) is 0 Å². The van der Waals surface area contributed by atoms with Gasteiger partial charge in [-0.3, -0.25) is 0 Å². The van der Waals surface area contributed by atoms with Gasteiger partial charge in [-0.1, -0.05) is 18.2 Å². The molecule has 0 aliphatic carbocycles. The van der Waals surface area contributed by atoms with Crippen LogP contribution in [0.4, 0.5) is 0 Å². The first-order valence-corrected chi connectivity index (χ1v) is 6.37. The Balaban J connectivity index is 2.93. The zero-order valence-corrected chi connectivity index (χ0v) is 12.3. The molecule has 0 aromatic heterocycles. The van der Waals surface area contributed by atoms with Crippen molar-refractivity contribution in [3.05, 3.63) is 29.3 Å². The molecule has 19 heavy (non-hydrogen) atoms. The summed E-state index contributed by atoms with van der Waals surface area (Å²) in [5.74, 6) is 0. The van der Waals surface area contributed by atoms with Crippen molar-refractivity contribution in [3.63, 3.8) is 0 Å². The molecular formula is C14H23BO4. The molecule has 5 heteroatoms. The summed E-state index contributed by atoms with van der Waals surface area (Å²) in [6.07, 6.45) is 0. The summed E-state index contributed by atoms with van der Waals surface area (Å²) >= 11 is 0. The third-order valence-electron chi connectivity index (χ3n) is 3.71. The van der Waals surface area contributed by atoms with Crippen LogP contribution in [0.25, 0.3) is 0 Å². The lowest BCUT2D eigenvalue weighted by atomic mass is 9.75. The third-order valence-corrected chi connectivity index (χ3v) is 3.71. The molecule has 0 atom stereocenters. The van der Waals surface area contributed by atoms with Gasteiger partial charge in [0.25, 0.3) is 0 Å². The number of aliphatic hydroxyl groups is 2. The number of benzene rings is 1. The number of hydrogen-bond acceptors (Lipinski definition) is 4. The van der Waals surface area contributed by atoms with Crippen LogP contribution in [0.5, 0.6) is 0 Å². The minimum atomic E-state index is -1.15. The van der Waals surface area contributed by atoms with E-state index in [0.717, 1.165) is 11.1 Å². The molecule has 3 N–H and O–H groups in total. The Morgan fingerprint density at radius 1 is 1.21 bits per heavy atom. The minimum Gasteiger partial charge on any atom is -0.423 e. The molecule has 0 fully saturated rings. The maximum atomic E-state index is 10.1. The molecular weight excluding hydrogens is 243 g/mol. The largest absolute Gasteiger partial charge is 0.491 e. The average Bonchev–Trinajstić information content (AvgIpc) is 2.27. The van der Waals surface area contributed by atoms with Crippen LogP contribution in [0, 0.1) is 6.92 Å². The van der Waals surface area contributed by atoms with E-state index in [4.69, 9.17) is 4.65 Å². The lowest BCUT2D eigenvalue weighted by Crippen LogP contribution is -2.53.